The molecule has 1 aliphatic heterocycles. The highest BCUT2D eigenvalue weighted by Gasteiger charge is 2.20. The van der Waals surface area contributed by atoms with Crippen molar-refractivity contribution in [3.8, 4) is 5.75 Å². The number of phenolic OH excluding ortho intramolecular Hbond substituents is 1. The summed E-state index contributed by atoms with van der Waals surface area (Å²) in [5.41, 5.74) is 0.993. The average molecular weight is 274 g/mol. The zero-order chi connectivity index (χ0) is 14.1. The lowest BCUT2D eigenvalue weighted by Gasteiger charge is -2.23. The van der Waals surface area contributed by atoms with Crippen molar-refractivity contribution in [1.82, 2.24) is 10.2 Å². The van der Waals surface area contributed by atoms with Crippen molar-refractivity contribution in [1.29, 1.82) is 0 Å². The Morgan fingerprint density at radius 1 is 1.45 bits per heavy atom. The quantitative estimate of drug-likeness (QED) is 0.826. The zero-order valence-electron chi connectivity index (χ0n) is 11.4. The van der Waals surface area contributed by atoms with Gasteiger partial charge in [-0.3, -0.25) is 4.90 Å². The molecule has 2 aromatic rings. The highest BCUT2D eigenvalue weighted by molar-refractivity contribution is 5.81. The first-order valence-electron chi connectivity index (χ1n) is 6.80. The van der Waals surface area contributed by atoms with Gasteiger partial charge in [0.2, 0.25) is 0 Å². The van der Waals surface area contributed by atoms with Gasteiger partial charge in [0.25, 0.3) is 0 Å². The molecule has 1 aromatic carbocycles. The van der Waals surface area contributed by atoms with E-state index in [1.165, 1.54) is 12.1 Å². The number of likely N-dealkylation sites (N-methyl/N-ethyl adjacent to an activating group) is 1. The summed E-state index contributed by atoms with van der Waals surface area (Å²) in [6.45, 7) is 2.72. The van der Waals surface area contributed by atoms with Crippen LogP contribution in [0.15, 0.2) is 33.5 Å². The van der Waals surface area contributed by atoms with Crippen LogP contribution < -0.4 is 10.9 Å². The number of phenols is 1. The van der Waals surface area contributed by atoms with Crippen LogP contribution in [0.5, 0.6) is 5.75 Å². The summed E-state index contributed by atoms with van der Waals surface area (Å²) in [6, 6.07) is 6.93. The number of hydrogen-bond donors (Lipinski definition) is 2. The third-order valence-corrected chi connectivity index (χ3v) is 3.89. The molecule has 2 N–H and O–H groups in total. The van der Waals surface area contributed by atoms with Gasteiger partial charge in [0.15, 0.2) is 0 Å². The Kier molecular flexibility index (Phi) is 3.46. The molecule has 0 radical (unpaired) electrons. The number of benzene rings is 1. The van der Waals surface area contributed by atoms with Gasteiger partial charge in [0.1, 0.15) is 11.3 Å². The summed E-state index contributed by atoms with van der Waals surface area (Å²) < 4.78 is 5.14. The lowest BCUT2D eigenvalue weighted by Crippen LogP contribution is -2.33. The molecule has 106 valence electrons. The molecule has 1 aliphatic rings. The lowest BCUT2D eigenvalue weighted by atomic mass is 10.1. The summed E-state index contributed by atoms with van der Waals surface area (Å²) >= 11 is 0. The van der Waals surface area contributed by atoms with Crippen LogP contribution in [0.3, 0.4) is 0 Å². The fraction of sp³-hybridized carbons (Fsp3) is 0.400. The minimum atomic E-state index is -0.379. The predicted octanol–water partition coefficient (Wildman–Crippen LogP) is 1.29. The van der Waals surface area contributed by atoms with Crippen molar-refractivity contribution < 1.29 is 9.52 Å². The van der Waals surface area contributed by atoms with E-state index in [0.29, 0.717) is 18.2 Å². The molecule has 0 amide bonds. The largest absolute Gasteiger partial charge is 0.508 e. The van der Waals surface area contributed by atoms with Crippen LogP contribution in [0.4, 0.5) is 0 Å². The van der Waals surface area contributed by atoms with E-state index in [9.17, 15) is 9.90 Å². The average Bonchev–Trinajstić information content (AvgIpc) is 2.91. The molecule has 1 saturated heterocycles. The molecule has 0 bridgehead atoms. The van der Waals surface area contributed by atoms with Gasteiger partial charge in [-0.05, 0) is 37.7 Å². The minimum Gasteiger partial charge on any atom is -0.508 e. The third kappa shape index (κ3) is 2.55. The van der Waals surface area contributed by atoms with Crippen LogP contribution in [0.25, 0.3) is 11.0 Å². The predicted molar refractivity (Wildman–Crippen MR) is 76.9 cm³/mol. The van der Waals surface area contributed by atoms with Gasteiger partial charge in [0, 0.05) is 36.7 Å². The molecule has 3 rings (SSSR count). The molecule has 1 fully saturated rings. The second kappa shape index (κ2) is 5.26. The van der Waals surface area contributed by atoms with Gasteiger partial charge in [-0.25, -0.2) is 4.79 Å². The first kappa shape index (κ1) is 13.1. The molecular weight excluding hydrogens is 256 g/mol. The Balaban J connectivity index is 1.95. The summed E-state index contributed by atoms with van der Waals surface area (Å²) in [7, 11) is 2.07. The van der Waals surface area contributed by atoms with E-state index >= 15 is 0 Å². The fourth-order valence-corrected chi connectivity index (χ4v) is 2.76. The van der Waals surface area contributed by atoms with Crippen LogP contribution >= 0.6 is 0 Å². The molecule has 20 heavy (non-hydrogen) atoms. The topological polar surface area (TPSA) is 65.7 Å². The second-order valence-corrected chi connectivity index (χ2v) is 5.33. The van der Waals surface area contributed by atoms with Crippen molar-refractivity contribution in [2.24, 2.45) is 0 Å². The number of rotatable bonds is 3. The fourth-order valence-electron chi connectivity index (χ4n) is 2.76. The van der Waals surface area contributed by atoms with Gasteiger partial charge < -0.3 is 14.8 Å². The highest BCUT2D eigenvalue weighted by Crippen LogP contribution is 2.23. The Morgan fingerprint density at radius 2 is 2.30 bits per heavy atom. The Hall–Kier alpha value is -1.85. The van der Waals surface area contributed by atoms with Crippen LogP contribution in [0, 0.1) is 0 Å². The minimum absolute atomic E-state index is 0.103. The smallest absolute Gasteiger partial charge is 0.336 e. The molecule has 1 unspecified atom stereocenters. The molecule has 1 aromatic heterocycles. The lowest BCUT2D eigenvalue weighted by molar-refractivity contribution is 0.249. The maximum atomic E-state index is 11.6. The maximum absolute atomic E-state index is 11.6. The standard InChI is InChI=1S/C15H18N2O3/c1-17(11-4-5-16-8-11)9-10-6-15(19)20-14-7-12(18)2-3-13(10)14/h2-3,6-7,11,16,18H,4-5,8-9H2,1H3. The van der Waals surface area contributed by atoms with Crippen LogP contribution in [-0.4, -0.2) is 36.2 Å². The van der Waals surface area contributed by atoms with Crippen molar-refractivity contribution in [2.75, 3.05) is 20.1 Å². The number of fused-ring (bicyclic) bond motifs is 1. The van der Waals surface area contributed by atoms with Gasteiger partial charge in [-0.2, -0.15) is 0 Å². The SMILES string of the molecule is CN(Cc1cc(=O)oc2cc(O)ccc12)C1CCNC1. The molecule has 1 atom stereocenters. The van der Waals surface area contributed by atoms with Crippen LogP contribution in [0.2, 0.25) is 0 Å². The molecule has 2 heterocycles. The number of nitrogens with zero attached hydrogens (tertiary/aromatic N) is 1. The molecule has 5 heteroatoms. The molecule has 0 saturated carbocycles. The van der Waals surface area contributed by atoms with E-state index in [1.807, 2.05) is 0 Å². The molecule has 5 nitrogen and oxygen atoms in total. The Labute approximate surface area is 116 Å². The van der Waals surface area contributed by atoms with Crippen LogP contribution in [0.1, 0.15) is 12.0 Å². The van der Waals surface area contributed by atoms with Gasteiger partial charge in [0.05, 0.1) is 0 Å². The summed E-state index contributed by atoms with van der Waals surface area (Å²) in [5, 5.41) is 13.7. The highest BCUT2D eigenvalue weighted by atomic mass is 16.4. The zero-order valence-corrected chi connectivity index (χ0v) is 11.4. The number of hydrogen-bond acceptors (Lipinski definition) is 5. The van der Waals surface area contributed by atoms with E-state index < -0.39 is 0 Å². The van der Waals surface area contributed by atoms with E-state index in [4.69, 9.17) is 4.42 Å². The van der Waals surface area contributed by atoms with Crippen molar-refractivity contribution in [3.05, 3.63) is 40.2 Å². The first-order valence-corrected chi connectivity index (χ1v) is 6.80. The third-order valence-electron chi connectivity index (χ3n) is 3.89. The van der Waals surface area contributed by atoms with E-state index in [0.717, 1.165) is 30.5 Å². The van der Waals surface area contributed by atoms with Gasteiger partial charge in [-0.1, -0.05) is 0 Å². The van der Waals surface area contributed by atoms with E-state index in [2.05, 4.69) is 17.3 Å². The van der Waals surface area contributed by atoms with Crippen molar-refractivity contribution >= 4 is 11.0 Å². The summed E-state index contributed by atoms with van der Waals surface area (Å²) in [6.07, 6.45) is 1.12. The molecular formula is C15H18N2O3. The Morgan fingerprint density at radius 3 is 3.05 bits per heavy atom. The van der Waals surface area contributed by atoms with Gasteiger partial charge in [-0.15, -0.1) is 0 Å². The van der Waals surface area contributed by atoms with Crippen LogP contribution in [-0.2, 0) is 6.54 Å². The monoisotopic (exact) mass is 274 g/mol. The van der Waals surface area contributed by atoms with E-state index in [1.54, 1.807) is 12.1 Å². The molecule has 0 aliphatic carbocycles. The van der Waals surface area contributed by atoms with Gasteiger partial charge >= 0.3 is 5.63 Å². The number of nitrogens with one attached hydrogen (secondary N) is 1. The van der Waals surface area contributed by atoms with Crippen molar-refractivity contribution in [3.63, 3.8) is 0 Å². The van der Waals surface area contributed by atoms with Crippen molar-refractivity contribution in [2.45, 2.75) is 19.0 Å². The summed E-state index contributed by atoms with van der Waals surface area (Å²) in [5.74, 6) is 0.103. The normalized spacial score (nSPS) is 19.0. The maximum Gasteiger partial charge on any atom is 0.336 e. The molecule has 0 spiro atoms. The summed E-state index contributed by atoms with van der Waals surface area (Å²) in [4.78, 5) is 13.9. The second-order valence-electron chi connectivity index (χ2n) is 5.33. The number of aromatic hydroxyl groups is 1. The Bertz CT molecular complexity index is 674. The van der Waals surface area contributed by atoms with E-state index in [-0.39, 0.29) is 11.4 Å². The first-order chi connectivity index (χ1) is 9.63.